The lowest BCUT2D eigenvalue weighted by atomic mass is 10.0. The summed E-state index contributed by atoms with van der Waals surface area (Å²) in [7, 11) is 3.41. The summed E-state index contributed by atoms with van der Waals surface area (Å²) in [5.74, 6) is 0.491. The number of hydrogen-bond donors (Lipinski definition) is 2. The van der Waals surface area contributed by atoms with Crippen LogP contribution in [-0.4, -0.2) is 60.4 Å². The maximum absolute atomic E-state index is 12.1. The molecule has 214 valence electrons. The van der Waals surface area contributed by atoms with E-state index in [1.807, 2.05) is 62.8 Å². The molecule has 0 atom stereocenters. The Morgan fingerprint density at radius 2 is 1.95 bits per heavy atom. The first-order valence-electron chi connectivity index (χ1n) is 13.1. The Balaban J connectivity index is 1.44. The highest BCUT2D eigenvalue weighted by Gasteiger charge is 2.55. The van der Waals surface area contributed by atoms with E-state index >= 15 is 0 Å². The van der Waals surface area contributed by atoms with Crippen molar-refractivity contribution in [2.75, 3.05) is 19.0 Å². The topological polar surface area (TPSA) is 145 Å². The number of nitro benzene ring substituents is 1. The van der Waals surface area contributed by atoms with Crippen LogP contribution in [0.2, 0.25) is 0 Å². The molecule has 41 heavy (non-hydrogen) atoms. The van der Waals surface area contributed by atoms with E-state index in [-0.39, 0.29) is 35.4 Å². The van der Waals surface area contributed by atoms with Gasteiger partial charge in [0.1, 0.15) is 12.4 Å². The fourth-order valence-electron chi connectivity index (χ4n) is 5.30. The number of nitrogens with one attached hydrogen (secondary N) is 1. The molecule has 2 aromatic heterocycles. The third-order valence-corrected chi connectivity index (χ3v) is 7.21. The molecule has 1 aliphatic carbocycles. The summed E-state index contributed by atoms with van der Waals surface area (Å²) in [5.41, 5.74) is 1.24. The molecule has 12 heteroatoms. The van der Waals surface area contributed by atoms with Crippen molar-refractivity contribution in [2.24, 2.45) is 7.05 Å². The van der Waals surface area contributed by atoms with E-state index in [0.29, 0.717) is 18.5 Å². The van der Waals surface area contributed by atoms with Crippen LogP contribution in [0, 0.1) is 10.1 Å². The van der Waals surface area contributed by atoms with Gasteiger partial charge in [-0.15, -0.1) is 0 Å². The van der Waals surface area contributed by atoms with E-state index in [4.69, 9.17) is 9.47 Å². The van der Waals surface area contributed by atoms with Gasteiger partial charge in [-0.25, -0.2) is 14.8 Å². The molecule has 0 bridgehead atoms. The highest BCUT2D eigenvalue weighted by molar-refractivity contribution is 5.95. The molecule has 4 aromatic rings. The van der Waals surface area contributed by atoms with Gasteiger partial charge in [0.2, 0.25) is 11.7 Å². The van der Waals surface area contributed by atoms with Crippen molar-refractivity contribution < 1.29 is 24.3 Å². The number of anilines is 2. The van der Waals surface area contributed by atoms with Crippen LogP contribution >= 0.6 is 0 Å². The maximum atomic E-state index is 12.1. The number of benzene rings is 2. The fraction of sp³-hybridized carbons (Fsp3) is 0.345. The van der Waals surface area contributed by atoms with Crippen LogP contribution in [0.1, 0.15) is 33.6 Å². The second-order valence-electron chi connectivity index (χ2n) is 11.1. The average Bonchev–Trinajstić information content (AvgIpc) is 3.61. The number of para-hydroxylation sites is 1. The Bertz CT molecular complexity index is 1640. The Hall–Kier alpha value is -4.87. The van der Waals surface area contributed by atoms with Crippen molar-refractivity contribution in [3.05, 3.63) is 65.0 Å². The zero-order valence-corrected chi connectivity index (χ0v) is 23.5. The highest BCUT2D eigenvalue weighted by Crippen LogP contribution is 2.47. The van der Waals surface area contributed by atoms with Gasteiger partial charge in [-0.3, -0.25) is 15.0 Å². The normalized spacial score (nSPS) is 14.0. The average molecular weight is 561 g/mol. The summed E-state index contributed by atoms with van der Waals surface area (Å²) in [5, 5.41) is 26.0. The second kappa shape index (κ2) is 10.3. The molecule has 0 saturated heterocycles. The molecule has 1 saturated carbocycles. The van der Waals surface area contributed by atoms with Crippen LogP contribution in [0.3, 0.4) is 0 Å². The van der Waals surface area contributed by atoms with Crippen LogP contribution < -0.4 is 14.8 Å². The predicted molar refractivity (Wildman–Crippen MR) is 154 cm³/mol. The number of carbonyl (C=O) groups is 1. The zero-order valence-electron chi connectivity index (χ0n) is 23.5. The lowest BCUT2D eigenvalue weighted by Gasteiger charge is -2.40. The number of aryl methyl sites for hydroxylation is 1. The maximum Gasteiger partial charge on any atom is 0.408 e. The summed E-state index contributed by atoms with van der Waals surface area (Å²) in [4.78, 5) is 33.9. The number of fused-ring (bicyclic) bond motifs is 1. The molecule has 0 aliphatic heterocycles. The Morgan fingerprint density at radius 1 is 1.22 bits per heavy atom. The summed E-state index contributed by atoms with van der Waals surface area (Å²) >= 11 is 0. The van der Waals surface area contributed by atoms with Crippen molar-refractivity contribution in [2.45, 2.75) is 44.7 Å². The molecule has 1 amide bonds. The van der Waals surface area contributed by atoms with Crippen LogP contribution in [0.5, 0.6) is 11.5 Å². The minimum atomic E-state index is -1.06. The molecule has 1 fully saturated rings. The first-order valence-corrected chi connectivity index (χ1v) is 13.1. The molecule has 5 rings (SSSR count). The van der Waals surface area contributed by atoms with Gasteiger partial charge >= 0.3 is 11.8 Å². The predicted octanol–water partition coefficient (Wildman–Crippen LogP) is 5.99. The minimum absolute atomic E-state index is 0.0200. The zero-order chi connectivity index (χ0) is 29.5. The summed E-state index contributed by atoms with van der Waals surface area (Å²) < 4.78 is 13.5. The number of amides is 1. The molecule has 2 aromatic carbocycles. The largest absolute Gasteiger partial charge is 0.494 e. The van der Waals surface area contributed by atoms with Gasteiger partial charge in [0.05, 0.1) is 29.0 Å². The quantitative estimate of drug-likeness (QED) is 0.186. The highest BCUT2D eigenvalue weighted by atomic mass is 16.6. The molecular formula is C29H32N6O6. The molecule has 12 nitrogen and oxygen atoms in total. The third kappa shape index (κ3) is 5.32. The lowest BCUT2D eigenvalue weighted by molar-refractivity contribution is -0.385. The third-order valence-electron chi connectivity index (χ3n) is 7.21. The van der Waals surface area contributed by atoms with Gasteiger partial charge in [0.25, 0.3) is 0 Å². The first-order chi connectivity index (χ1) is 19.4. The monoisotopic (exact) mass is 560 g/mol. The molecule has 0 radical (unpaired) electrons. The number of methoxy groups -OCH3 is 1. The van der Waals surface area contributed by atoms with Gasteiger partial charge in [-0.1, -0.05) is 18.2 Å². The van der Waals surface area contributed by atoms with Crippen molar-refractivity contribution in [3.8, 4) is 22.8 Å². The number of aromatic nitrogens is 3. The van der Waals surface area contributed by atoms with E-state index in [1.165, 1.54) is 24.1 Å². The minimum Gasteiger partial charge on any atom is -0.494 e. The number of carboxylic acid groups (broad SMARTS) is 1. The lowest BCUT2D eigenvalue weighted by Crippen LogP contribution is -2.55. The Morgan fingerprint density at radius 3 is 2.59 bits per heavy atom. The first kappa shape index (κ1) is 27.7. The Labute approximate surface area is 236 Å². The van der Waals surface area contributed by atoms with E-state index in [9.17, 15) is 20.0 Å². The number of nitro groups is 1. The number of rotatable bonds is 9. The van der Waals surface area contributed by atoms with Gasteiger partial charge in [-0.2, -0.15) is 0 Å². The number of nitrogens with zero attached hydrogens (tertiary/aromatic N) is 5. The number of ether oxygens (including phenoxy) is 2. The summed E-state index contributed by atoms with van der Waals surface area (Å²) in [6, 6.07) is 12.5. The van der Waals surface area contributed by atoms with Gasteiger partial charge < -0.3 is 24.5 Å². The van der Waals surface area contributed by atoms with E-state index < -0.39 is 22.1 Å². The summed E-state index contributed by atoms with van der Waals surface area (Å²) in [6.07, 6.45) is 3.75. The molecule has 2 N–H and O–H groups in total. The molecule has 0 spiro atoms. The summed E-state index contributed by atoms with van der Waals surface area (Å²) in [6.45, 7) is 5.41. The van der Waals surface area contributed by atoms with E-state index in [1.54, 1.807) is 12.3 Å². The van der Waals surface area contributed by atoms with Gasteiger partial charge in [0, 0.05) is 53.6 Å². The second-order valence-corrected chi connectivity index (χ2v) is 11.1. The van der Waals surface area contributed by atoms with E-state index in [0.717, 1.165) is 16.5 Å². The molecule has 1 aliphatic rings. The van der Waals surface area contributed by atoms with Crippen LogP contribution in [0.15, 0.2) is 54.9 Å². The van der Waals surface area contributed by atoms with Crippen molar-refractivity contribution in [3.63, 3.8) is 0 Å². The van der Waals surface area contributed by atoms with Crippen LogP contribution in [0.4, 0.5) is 22.1 Å². The number of hydrogen-bond acceptors (Lipinski definition) is 8. The molecule has 2 heterocycles. The molecule has 0 unspecified atom stereocenters. The SMILES string of the molecule is COc1cc(OCC2(N(C(=O)O)C(C)(C)C)CC2)c([N+](=O)[O-])cc1Nc1nccc(-c2cn(C)c3ccccc23)n1. The fourth-order valence-corrected chi connectivity index (χ4v) is 5.30. The smallest absolute Gasteiger partial charge is 0.408 e. The van der Waals surface area contributed by atoms with Gasteiger partial charge in [0.15, 0.2) is 0 Å². The van der Waals surface area contributed by atoms with Crippen molar-refractivity contribution in [1.82, 2.24) is 19.4 Å². The Kier molecular flexibility index (Phi) is 6.93. The van der Waals surface area contributed by atoms with Crippen molar-refractivity contribution >= 4 is 34.3 Å². The van der Waals surface area contributed by atoms with Crippen LogP contribution in [0.25, 0.3) is 22.2 Å². The standard InChI is InChI=1S/C29H32N6O6/c1-28(2,3)34(27(36)37)29(11-12-29)17-41-25-15-24(40-5)21(14-23(25)35(38)39)32-26-30-13-10-20(31-26)19-16-33(4)22-9-7-6-8-18(19)22/h6-10,13-16H,11-12,17H2,1-5H3,(H,36,37)(H,30,31,32). The van der Waals surface area contributed by atoms with E-state index in [2.05, 4.69) is 15.3 Å². The molecular weight excluding hydrogens is 528 g/mol. The van der Waals surface area contributed by atoms with Crippen LogP contribution in [-0.2, 0) is 7.05 Å². The van der Waals surface area contributed by atoms with Crippen molar-refractivity contribution in [1.29, 1.82) is 0 Å². The van der Waals surface area contributed by atoms with Gasteiger partial charge in [-0.05, 0) is 45.7 Å².